The molecule has 0 spiro atoms. The molecule has 11 heavy (non-hydrogen) atoms. The summed E-state index contributed by atoms with van der Waals surface area (Å²) in [6.45, 7) is 6.85. The van der Waals surface area contributed by atoms with E-state index in [0.717, 1.165) is 6.42 Å². The van der Waals surface area contributed by atoms with Crippen molar-refractivity contribution in [1.29, 1.82) is 0 Å². The van der Waals surface area contributed by atoms with Crippen molar-refractivity contribution in [3.8, 4) is 0 Å². The molecule has 0 aliphatic carbocycles. The Bertz CT molecular complexity index is 96.2. The van der Waals surface area contributed by atoms with Crippen molar-refractivity contribution in [3.63, 3.8) is 0 Å². The zero-order valence-electron chi connectivity index (χ0n) is 7.86. The van der Waals surface area contributed by atoms with Gasteiger partial charge in [0.25, 0.3) is 0 Å². The van der Waals surface area contributed by atoms with Crippen LogP contribution in [0.3, 0.4) is 0 Å². The van der Waals surface area contributed by atoms with Gasteiger partial charge < -0.3 is 5.73 Å². The van der Waals surface area contributed by atoms with Crippen LogP contribution in [-0.2, 0) is 0 Å². The van der Waals surface area contributed by atoms with E-state index < -0.39 is 6.17 Å². The molecule has 0 heterocycles. The van der Waals surface area contributed by atoms with Gasteiger partial charge in [-0.2, -0.15) is 0 Å². The van der Waals surface area contributed by atoms with E-state index >= 15 is 0 Å². The maximum atomic E-state index is 12.9. The first-order chi connectivity index (χ1) is 4.95. The maximum absolute atomic E-state index is 12.9. The molecule has 0 aromatic carbocycles. The van der Waals surface area contributed by atoms with Gasteiger partial charge in [-0.05, 0) is 31.2 Å². The Labute approximate surface area is 69.2 Å². The molecule has 0 fully saturated rings. The van der Waals surface area contributed by atoms with Crippen LogP contribution in [0.1, 0.15) is 40.0 Å². The quantitative estimate of drug-likeness (QED) is 0.673. The average Bonchev–Trinajstić information content (AvgIpc) is 1.83. The lowest BCUT2D eigenvalue weighted by atomic mass is 9.89. The molecule has 0 amide bonds. The van der Waals surface area contributed by atoms with Crippen molar-refractivity contribution in [2.75, 3.05) is 6.54 Å². The number of hydrogen-bond acceptors (Lipinski definition) is 1. The van der Waals surface area contributed by atoms with Crippen molar-refractivity contribution in [2.24, 2.45) is 11.1 Å². The van der Waals surface area contributed by atoms with E-state index in [0.29, 0.717) is 19.4 Å². The van der Waals surface area contributed by atoms with Crippen LogP contribution in [-0.4, -0.2) is 12.7 Å². The second-order valence-electron chi connectivity index (χ2n) is 4.27. The van der Waals surface area contributed by atoms with Crippen molar-refractivity contribution >= 4 is 0 Å². The maximum Gasteiger partial charge on any atom is 0.101 e. The summed E-state index contributed by atoms with van der Waals surface area (Å²) >= 11 is 0. The van der Waals surface area contributed by atoms with E-state index in [1.165, 1.54) is 0 Å². The van der Waals surface area contributed by atoms with Gasteiger partial charge in [-0.25, -0.2) is 4.39 Å². The highest BCUT2D eigenvalue weighted by Gasteiger charge is 2.13. The fraction of sp³-hybridized carbons (Fsp3) is 1.00. The molecule has 1 nitrogen and oxygen atoms in total. The fourth-order valence-corrected chi connectivity index (χ4v) is 0.915. The summed E-state index contributed by atoms with van der Waals surface area (Å²) in [5.74, 6) is 0. The second-order valence-corrected chi connectivity index (χ2v) is 4.27. The molecule has 2 heteroatoms. The van der Waals surface area contributed by atoms with Crippen molar-refractivity contribution in [3.05, 3.63) is 0 Å². The first-order valence-corrected chi connectivity index (χ1v) is 4.30. The van der Waals surface area contributed by atoms with Crippen LogP contribution < -0.4 is 5.73 Å². The third-order valence-electron chi connectivity index (χ3n) is 1.69. The zero-order chi connectivity index (χ0) is 8.91. The summed E-state index contributed by atoms with van der Waals surface area (Å²) in [7, 11) is 0. The SMILES string of the molecule is CC(C)(C)CCC(F)CCN. The standard InChI is InChI=1S/C9H20FN/c1-9(2,3)6-4-8(10)5-7-11/h8H,4-7,11H2,1-3H3. The van der Waals surface area contributed by atoms with E-state index in [2.05, 4.69) is 20.8 Å². The van der Waals surface area contributed by atoms with Crippen LogP contribution in [0.4, 0.5) is 4.39 Å². The smallest absolute Gasteiger partial charge is 0.101 e. The van der Waals surface area contributed by atoms with Crippen LogP contribution in [0.15, 0.2) is 0 Å². The van der Waals surface area contributed by atoms with Crippen LogP contribution >= 0.6 is 0 Å². The molecule has 68 valence electrons. The molecule has 1 unspecified atom stereocenters. The molecule has 1 atom stereocenters. The third kappa shape index (κ3) is 7.79. The Kier molecular flexibility index (Phi) is 4.66. The molecule has 0 aliphatic rings. The molecule has 0 aromatic rings. The highest BCUT2D eigenvalue weighted by molar-refractivity contribution is 4.65. The lowest BCUT2D eigenvalue weighted by Gasteiger charge is -2.18. The molecule has 0 saturated heterocycles. The first-order valence-electron chi connectivity index (χ1n) is 4.30. The second kappa shape index (κ2) is 4.70. The van der Waals surface area contributed by atoms with Gasteiger partial charge >= 0.3 is 0 Å². The van der Waals surface area contributed by atoms with Gasteiger partial charge in [0.05, 0.1) is 0 Å². The van der Waals surface area contributed by atoms with Gasteiger partial charge in [-0.1, -0.05) is 20.8 Å². The number of rotatable bonds is 4. The predicted molar refractivity (Wildman–Crippen MR) is 47.3 cm³/mol. The van der Waals surface area contributed by atoms with Crippen LogP contribution in [0.2, 0.25) is 0 Å². The summed E-state index contributed by atoms with van der Waals surface area (Å²) in [4.78, 5) is 0. The molecule has 0 aromatic heterocycles. The summed E-state index contributed by atoms with van der Waals surface area (Å²) < 4.78 is 12.9. The number of alkyl halides is 1. The molecule has 0 rings (SSSR count). The highest BCUT2D eigenvalue weighted by Crippen LogP contribution is 2.23. The minimum absolute atomic E-state index is 0.249. The molecule has 2 N–H and O–H groups in total. The normalized spacial score (nSPS) is 15.0. The predicted octanol–water partition coefficient (Wildman–Crippen LogP) is 2.50. The van der Waals surface area contributed by atoms with Crippen LogP contribution in [0.25, 0.3) is 0 Å². The summed E-state index contributed by atoms with van der Waals surface area (Å²) in [6.07, 6.45) is 1.41. The van der Waals surface area contributed by atoms with Crippen molar-refractivity contribution < 1.29 is 4.39 Å². The van der Waals surface area contributed by atoms with Gasteiger partial charge in [0, 0.05) is 0 Å². The average molecular weight is 161 g/mol. The van der Waals surface area contributed by atoms with E-state index in [9.17, 15) is 4.39 Å². The van der Waals surface area contributed by atoms with Gasteiger partial charge in [0.15, 0.2) is 0 Å². The van der Waals surface area contributed by atoms with Crippen LogP contribution in [0, 0.1) is 5.41 Å². The Balaban J connectivity index is 3.38. The lowest BCUT2D eigenvalue weighted by molar-refractivity contribution is 0.249. The molecular weight excluding hydrogens is 141 g/mol. The Morgan fingerprint density at radius 3 is 2.18 bits per heavy atom. The summed E-state index contributed by atoms with van der Waals surface area (Å²) in [6, 6.07) is 0. The first kappa shape index (κ1) is 10.9. The largest absolute Gasteiger partial charge is 0.330 e. The topological polar surface area (TPSA) is 26.0 Å². The third-order valence-corrected chi connectivity index (χ3v) is 1.69. The Hall–Kier alpha value is -0.110. The van der Waals surface area contributed by atoms with Gasteiger partial charge in [-0.15, -0.1) is 0 Å². The monoisotopic (exact) mass is 161 g/mol. The molecule has 0 saturated carbocycles. The van der Waals surface area contributed by atoms with Crippen molar-refractivity contribution in [2.45, 2.75) is 46.2 Å². The highest BCUT2D eigenvalue weighted by atomic mass is 19.1. The zero-order valence-corrected chi connectivity index (χ0v) is 7.86. The number of nitrogens with two attached hydrogens (primary N) is 1. The lowest BCUT2D eigenvalue weighted by Crippen LogP contribution is -2.13. The molecular formula is C9H20FN. The minimum Gasteiger partial charge on any atom is -0.330 e. The number of halogens is 1. The van der Waals surface area contributed by atoms with E-state index in [-0.39, 0.29) is 5.41 Å². The van der Waals surface area contributed by atoms with Gasteiger partial charge in [0.1, 0.15) is 6.17 Å². The summed E-state index contributed by atoms with van der Waals surface area (Å²) in [5.41, 5.74) is 5.48. The van der Waals surface area contributed by atoms with Gasteiger partial charge in [0.2, 0.25) is 0 Å². The summed E-state index contributed by atoms with van der Waals surface area (Å²) in [5, 5.41) is 0. The van der Waals surface area contributed by atoms with E-state index in [1.54, 1.807) is 0 Å². The van der Waals surface area contributed by atoms with Gasteiger partial charge in [-0.3, -0.25) is 0 Å². The molecule has 0 bridgehead atoms. The number of hydrogen-bond donors (Lipinski definition) is 1. The van der Waals surface area contributed by atoms with E-state index in [4.69, 9.17) is 5.73 Å². The Morgan fingerprint density at radius 2 is 1.82 bits per heavy atom. The Morgan fingerprint density at radius 1 is 1.27 bits per heavy atom. The van der Waals surface area contributed by atoms with Crippen LogP contribution in [0.5, 0.6) is 0 Å². The molecule has 0 radical (unpaired) electrons. The van der Waals surface area contributed by atoms with E-state index in [1.807, 2.05) is 0 Å². The van der Waals surface area contributed by atoms with Crippen molar-refractivity contribution in [1.82, 2.24) is 0 Å². The fourth-order valence-electron chi connectivity index (χ4n) is 0.915. The molecule has 0 aliphatic heterocycles. The minimum atomic E-state index is -0.695.